The lowest BCUT2D eigenvalue weighted by molar-refractivity contribution is -0.167. The molecule has 3 nitrogen and oxygen atoms in total. The highest BCUT2D eigenvalue weighted by atomic mass is 35.5. The number of esters is 1. The average Bonchev–Trinajstić information content (AvgIpc) is 2.00. The molecule has 0 bridgehead atoms. The summed E-state index contributed by atoms with van der Waals surface area (Å²) in [6.07, 6.45) is 0.859. The van der Waals surface area contributed by atoms with E-state index in [-0.39, 0.29) is 12.2 Å². The molecule has 0 radical (unpaired) electrons. The summed E-state index contributed by atoms with van der Waals surface area (Å²) in [6.45, 7) is 3.61. The second kappa shape index (κ2) is 3.05. The molecule has 0 aromatic rings. The monoisotopic (exact) mass is 190 g/mol. The summed E-state index contributed by atoms with van der Waals surface area (Å²) in [5, 5.41) is -1.09. The number of alkyl halides is 1. The quantitative estimate of drug-likeness (QED) is 0.356. The molecule has 0 aliphatic carbocycles. The molecule has 12 heavy (non-hydrogen) atoms. The Hall–Kier alpha value is -0.570. The lowest BCUT2D eigenvalue weighted by Gasteiger charge is -2.33. The van der Waals surface area contributed by atoms with Crippen LogP contribution in [0.1, 0.15) is 26.7 Å². The number of hydrogen-bond acceptors (Lipinski definition) is 3. The Morgan fingerprint density at radius 3 is 2.67 bits per heavy atom. The van der Waals surface area contributed by atoms with Crippen molar-refractivity contribution in [3.8, 4) is 0 Å². The fourth-order valence-electron chi connectivity index (χ4n) is 1.12. The van der Waals surface area contributed by atoms with Gasteiger partial charge in [0.05, 0.1) is 0 Å². The average molecular weight is 191 g/mol. The normalized spacial score (nSPS) is 36.4. The van der Waals surface area contributed by atoms with Crippen molar-refractivity contribution in [3.05, 3.63) is 0 Å². The van der Waals surface area contributed by atoms with Crippen LogP contribution in [0.25, 0.3) is 0 Å². The first-order valence-corrected chi connectivity index (χ1v) is 4.32. The molecule has 1 fully saturated rings. The Bertz CT molecular complexity index is 206. The van der Waals surface area contributed by atoms with Crippen LogP contribution in [0.4, 0.5) is 0 Å². The van der Waals surface area contributed by atoms with Gasteiger partial charge in [-0.15, -0.1) is 11.6 Å². The van der Waals surface area contributed by atoms with Crippen molar-refractivity contribution in [1.29, 1.82) is 0 Å². The molecule has 1 heterocycles. The summed E-state index contributed by atoms with van der Waals surface area (Å²) >= 11 is 5.48. The van der Waals surface area contributed by atoms with E-state index in [4.69, 9.17) is 16.3 Å². The highest BCUT2D eigenvalue weighted by molar-refractivity contribution is 6.41. The number of ether oxygens (including phenoxy) is 1. The maximum Gasteiger partial charge on any atom is 0.332 e. The standard InChI is InChI=1S/C8H11ClO3/c1-3-8(2)4-5(10)6(9)7(11)12-8/h6H,3-4H2,1-2H3. The number of carbonyl (C=O) groups is 2. The lowest BCUT2D eigenvalue weighted by Crippen LogP contribution is -2.46. The Balaban J connectivity index is 2.79. The van der Waals surface area contributed by atoms with Gasteiger partial charge < -0.3 is 4.74 Å². The smallest absolute Gasteiger partial charge is 0.332 e. The summed E-state index contributed by atoms with van der Waals surface area (Å²) in [5.41, 5.74) is -0.639. The summed E-state index contributed by atoms with van der Waals surface area (Å²) in [5.74, 6) is -0.852. The molecule has 68 valence electrons. The maximum absolute atomic E-state index is 11.1. The molecule has 1 aliphatic heterocycles. The number of halogens is 1. The summed E-state index contributed by atoms with van der Waals surface area (Å²) in [4.78, 5) is 22.2. The molecule has 0 saturated carbocycles. The predicted molar refractivity (Wildman–Crippen MR) is 44.1 cm³/mol. The SMILES string of the molecule is CCC1(C)CC(=O)C(Cl)C(=O)O1. The van der Waals surface area contributed by atoms with E-state index in [0.29, 0.717) is 6.42 Å². The van der Waals surface area contributed by atoms with E-state index >= 15 is 0 Å². The van der Waals surface area contributed by atoms with Crippen LogP contribution in [0.3, 0.4) is 0 Å². The fourth-order valence-corrected chi connectivity index (χ4v) is 1.24. The van der Waals surface area contributed by atoms with Crippen molar-refractivity contribution in [1.82, 2.24) is 0 Å². The second-order valence-electron chi connectivity index (χ2n) is 3.23. The van der Waals surface area contributed by atoms with Gasteiger partial charge in [0.1, 0.15) is 5.60 Å². The van der Waals surface area contributed by atoms with Crippen LogP contribution in [0.15, 0.2) is 0 Å². The van der Waals surface area contributed by atoms with Crippen molar-refractivity contribution < 1.29 is 14.3 Å². The van der Waals surface area contributed by atoms with Crippen LogP contribution in [0.2, 0.25) is 0 Å². The molecular formula is C8H11ClO3. The largest absolute Gasteiger partial charge is 0.457 e. The topological polar surface area (TPSA) is 43.4 Å². The van der Waals surface area contributed by atoms with E-state index in [2.05, 4.69) is 0 Å². The minimum Gasteiger partial charge on any atom is -0.457 e. The van der Waals surface area contributed by atoms with Crippen LogP contribution >= 0.6 is 11.6 Å². The molecular weight excluding hydrogens is 180 g/mol. The molecule has 1 aliphatic rings. The zero-order valence-corrected chi connectivity index (χ0v) is 7.85. The predicted octanol–water partition coefficient (Wildman–Crippen LogP) is 1.28. The van der Waals surface area contributed by atoms with Crippen LogP contribution in [-0.2, 0) is 14.3 Å². The Morgan fingerprint density at radius 1 is 1.67 bits per heavy atom. The Kier molecular flexibility index (Phi) is 2.42. The molecule has 0 spiro atoms. The number of carbonyl (C=O) groups excluding carboxylic acids is 2. The maximum atomic E-state index is 11.1. The van der Waals surface area contributed by atoms with Gasteiger partial charge in [-0.1, -0.05) is 6.92 Å². The van der Waals surface area contributed by atoms with Gasteiger partial charge >= 0.3 is 5.97 Å². The van der Waals surface area contributed by atoms with Gasteiger partial charge in [0.25, 0.3) is 0 Å². The summed E-state index contributed by atoms with van der Waals surface area (Å²) in [7, 11) is 0. The van der Waals surface area contributed by atoms with E-state index in [1.54, 1.807) is 6.92 Å². The van der Waals surface area contributed by atoms with Gasteiger partial charge in [-0.3, -0.25) is 4.79 Å². The number of ketones is 1. The van der Waals surface area contributed by atoms with Crippen molar-refractivity contribution in [2.75, 3.05) is 0 Å². The summed E-state index contributed by atoms with van der Waals surface area (Å²) in [6, 6.07) is 0. The van der Waals surface area contributed by atoms with E-state index in [0.717, 1.165) is 0 Å². The molecule has 0 aromatic carbocycles. The van der Waals surface area contributed by atoms with Crippen LogP contribution in [0, 0.1) is 0 Å². The van der Waals surface area contributed by atoms with Gasteiger partial charge in [0.15, 0.2) is 11.2 Å². The second-order valence-corrected chi connectivity index (χ2v) is 3.67. The highest BCUT2D eigenvalue weighted by Gasteiger charge is 2.41. The molecule has 1 rings (SSSR count). The van der Waals surface area contributed by atoms with Crippen molar-refractivity contribution in [2.24, 2.45) is 0 Å². The first-order chi connectivity index (χ1) is 5.48. The Morgan fingerprint density at radius 2 is 2.25 bits per heavy atom. The van der Waals surface area contributed by atoms with E-state index in [1.165, 1.54) is 0 Å². The number of hydrogen-bond donors (Lipinski definition) is 0. The molecule has 1 saturated heterocycles. The van der Waals surface area contributed by atoms with Gasteiger partial charge in [-0.05, 0) is 13.3 Å². The van der Waals surface area contributed by atoms with Crippen molar-refractivity contribution in [3.63, 3.8) is 0 Å². The van der Waals surface area contributed by atoms with E-state index in [1.807, 2.05) is 6.92 Å². The zero-order chi connectivity index (χ0) is 9.35. The van der Waals surface area contributed by atoms with Gasteiger partial charge in [0.2, 0.25) is 0 Å². The van der Waals surface area contributed by atoms with Crippen LogP contribution in [-0.4, -0.2) is 22.7 Å². The molecule has 4 heteroatoms. The Labute approximate surface area is 76.0 Å². The lowest BCUT2D eigenvalue weighted by atomic mass is 9.92. The van der Waals surface area contributed by atoms with Gasteiger partial charge in [-0.2, -0.15) is 0 Å². The fraction of sp³-hybridized carbons (Fsp3) is 0.750. The highest BCUT2D eigenvalue weighted by Crippen LogP contribution is 2.28. The van der Waals surface area contributed by atoms with Crippen molar-refractivity contribution in [2.45, 2.75) is 37.7 Å². The van der Waals surface area contributed by atoms with Gasteiger partial charge in [0, 0.05) is 6.42 Å². The minimum absolute atomic E-state index is 0.226. The molecule has 0 N–H and O–H groups in total. The van der Waals surface area contributed by atoms with Gasteiger partial charge in [-0.25, -0.2) is 4.79 Å². The molecule has 0 aromatic heterocycles. The van der Waals surface area contributed by atoms with E-state index in [9.17, 15) is 9.59 Å². The third kappa shape index (κ3) is 1.61. The minimum atomic E-state index is -1.09. The third-order valence-corrected chi connectivity index (χ3v) is 2.55. The summed E-state index contributed by atoms with van der Waals surface area (Å²) < 4.78 is 5.01. The zero-order valence-electron chi connectivity index (χ0n) is 7.09. The first-order valence-electron chi connectivity index (χ1n) is 3.88. The number of rotatable bonds is 1. The van der Waals surface area contributed by atoms with E-state index < -0.39 is 16.9 Å². The molecule has 0 amide bonds. The first kappa shape index (κ1) is 9.52. The van der Waals surface area contributed by atoms with Crippen LogP contribution < -0.4 is 0 Å². The number of cyclic esters (lactones) is 1. The molecule has 2 atom stereocenters. The van der Waals surface area contributed by atoms with Crippen molar-refractivity contribution >= 4 is 23.4 Å². The molecule has 2 unspecified atom stereocenters. The third-order valence-electron chi connectivity index (χ3n) is 2.13. The van der Waals surface area contributed by atoms with Crippen LogP contribution in [0.5, 0.6) is 0 Å². The number of Topliss-reactive ketones (excluding diaryl/α,β-unsaturated/α-hetero) is 1.